The van der Waals surface area contributed by atoms with Crippen LogP contribution in [0.4, 0.5) is 0 Å². The third-order valence-electron chi connectivity index (χ3n) is 3.71. The molecule has 1 unspecified atom stereocenters. The molecule has 0 spiro atoms. The number of hydrogen-bond acceptors (Lipinski definition) is 5. The van der Waals surface area contributed by atoms with Gasteiger partial charge >= 0.3 is 0 Å². The lowest BCUT2D eigenvalue weighted by atomic mass is 10.1. The quantitative estimate of drug-likeness (QED) is 0.852. The summed E-state index contributed by atoms with van der Waals surface area (Å²) in [5.74, 6) is 1.63. The monoisotopic (exact) mass is 302 g/mol. The zero-order valence-electron chi connectivity index (χ0n) is 12.9. The fraction of sp³-hybridized carbons (Fsp3) is 0.471. The minimum Gasteiger partial charge on any atom is -0.491 e. The average molecular weight is 302 g/mol. The van der Waals surface area contributed by atoms with Crippen molar-refractivity contribution < 1.29 is 14.0 Å². The Morgan fingerprint density at radius 1 is 1.32 bits per heavy atom. The molecule has 1 aromatic carbocycles. The van der Waals surface area contributed by atoms with Gasteiger partial charge in [0.25, 0.3) is 0 Å². The second-order valence-corrected chi connectivity index (χ2v) is 5.43. The molecule has 3 rings (SSSR count). The van der Waals surface area contributed by atoms with Gasteiger partial charge in [0.2, 0.25) is 0 Å². The molecule has 2 aromatic rings. The van der Waals surface area contributed by atoms with Crippen LogP contribution in [0.2, 0.25) is 0 Å². The van der Waals surface area contributed by atoms with Gasteiger partial charge in [0.1, 0.15) is 12.4 Å². The Balaban J connectivity index is 1.57. The standard InChI is InChI=1S/C17H22N2O3/c1-2-18-11-14-10-17(22-19-14)13-5-7-15(8-6-13)21-12-16-4-3-9-20-16/h5-8,10,16,18H,2-4,9,11-12H2,1H3. The van der Waals surface area contributed by atoms with Crippen LogP contribution in [-0.2, 0) is 11.3 Å². The number of rotatable bonds is 7. The largest absolute Gasteiger partial charge is 0.491 e. The zero-order valence-corrected chi connectivity index (χ0v) is 12.9. The molecule has 1 aromatic heterocycles. The van der Waals surface area contributed by atoms with Gasteiger partial charge in [0, 0.05) is 24.8 Å². The number of nitrogens with zero attached hydrogens (tertiary/aromatic N) is 1. The summed E-state index contributed by atoms with van der Waals surface area (Å²) in [6.07, 6.45) is 2.46. The van der Waals surface area contributed by atoms with Crippen LogP contribution in [0.5, 0.6) is 5.75 Å². The number of hydrogen-bond donors (Lipinski definition) is 1. The Labute approximate surface area is 130 Å². The first kappa shape index (κ1) is 15.1. The molecule has 1 aliphatic rings. The van der Waals surface area contributed by atoms with E-state index in [-0.39, 0.29) is 6.10 Å². The van der Waals surface area contributed by atoms with Gasteiger partial charge in [0.05, 0.1) is 11.8 Å². The molecule has 1 aliphatic heterocycles. The van der Waals surface area contributed by atoms with Gasteiger partial charge in [-0.15, -0.1) is 0 Å². The Morgan fingerprint density at radius 3 is 2.91 bits per heavy atom. The van der Waals surface area contributed by atoms with E-state index in [4.69, 9.17) is 14.0 Å². The van der Waals surface area contributed by atoms with E-state index in [1.54, 1.807) is 0 Å². The van der Waals surface area contributed by atoms with Gasteiger partial charge in [-0.05, 0) is 43.7 Å². The van der Waals surface area contributed by atoms with E-state index in [2.05, 4.69) is 17.4 Å². The topological polar surface area (TPSA) is 56.5 Å². The van der Waals surface area contributed by atoms with E-state index in [1.165, 1.54) is 0 Å². The first-order valence-corrected chi connectivity index (χ1v) is 7.86. The lowest BCUT2D eigenvalue weighted by Crippen LogP contribution is -2.16. The first-order valence-electron chi connectivity index (χ1n) is 7.86. The molecule has 0 saturated carbocycles. The molecule has 5 nitrogen and oxygen atoms in total. The van der Waals surface area contributed by atoms with Gasteiger partial charge in [0.15, 0.2) is 5.76 Å². The van der Waals surface area contributed by atoms with Crippen LogP contribution < -0.4 is 10.1 Å². The number of benzene rings is 1. The maximum atomic E-state index is 5.76. The molecule has 0 bridgehead atoms. The SMILES string of the molecule is CCNCc1cc(-c2ccc(OCC3CCCO3)cc2)on1. The van der Waals surface area contributed by atoms with Crippen LogP contribution >= 0.6 is 0 Å². The minimum absolute atomic E-state index is 0.238. The van der Waals surface area contributed by atoms with Crippen molar-refractivity contribution in [1.29, 1.82) is 0 Å². The van der Waals surface area contributed by atoms with Crippen molar-refractivity contribution in [3.05, 3.63) is 36.0 Å². The highest BCUT2D eigenvalue weighted by Gasteiger charge is 2.16. The molecule has 0 radical (unpaired) electrons. The third kappa shape index (κ3) is 3.87. The lowest BCUT2D eigenvalue weighted by molar-refractivity contribution is 0.0679. The molecule has 22 heavy (non-hydrogen) atoms. The average Bonchev–Trinajstić information content (AvgIpc) is 3.23. The van der Waals surface area contributed by atoms with E-state index >= 15 is 0 Å². The number of nitrogens with one attached hydrogen (secondary N) is 1. The molecule has 1 N–H and O–H groups in total. The van der Waals surface area contributed by atoms with E-state index in [0.29, 0.717) is 6.61 Å². The second kappa shape index (κ2) is 7.42. The van der Waals surface area contributed by atoms with Crippen molar-refractivity contribution in [2.75, 3.05) is 19.8 Å². The van der Waals surface area contributed by atoms with Crippen molar-refractivity contribution >= 4 is 0 Å². The van der Waals surface area contributed by atoms with Gasteiger partial charge in [-0.2, -0.15) is 0 Å². The fourth-order valence-electron chi connectivity index (χ4n) is 2.46. The van der Waals surface area contributed by atoms with Crippen LogP contribution in [0.1, 0.15) is 25.5 Å². The summed E-state index contributed by atoms with van der Waals surface area (Å²) in [6, 6.07) is 9.85. The first-order chi connectivity index (χ1) is 10.8. The van der Waals surface area contributed by atoms with Crippen molar-refractivity contribution in [3.63, 3.8) is 0 Å². The molecule has 1 atom stereocenters. The van der Waals surface area contributed by atoms with Gasteiger partial charge in [-0.25, -0.2) is 0 Å². The lowest BCUT2D eigenvalue weighted by Gasteiger charge is -2.11. The molecule has 1 fully saturated rings. The Morgan fingerprint density at radius 2 is 2.18 bits per heavy atom. The summed E-state index contributed by atoms with van der Waals surface area (Å²) in [6.45, 7) is 5.18. The van der Waals surface area contributed by atoms with Crippen molar-refractivity contribution in [3.8, 4) is 17.1 Å². The van der Waals surface area contributed by atoms with Gasteiger partial charge < -0.3 is 19.3 Å². The number of ether oxygens (including phenoxy) is 2. The van der Waals surface area contributed by atoms with Gasteiger partial charge in [-0.3, -0.25) is 0 Å². The van der Waals surface area contributed by atoms with Crippen LogP contribution in [0, 0.1) is 0 Å². The molecule has 118 valence electrons. The molecule has 0 amide bonds. The highest BCUT2D eigenvalue weighted by molar-refractivity contribution is 5.58. The van der Waals surface area contributed by atoms with Crippen LogP contribution in [-0.4, -0.2) is 31.0 Å². The molecule has 1 saturated heterocycles. The summed E-state index contributed by atoms with van der Waals surface area (Å²) >= 11 is 0. The van der Waals surface area contributed by atoms with E-state index < -0.39 is 0 Å². The van der Waals surface area contributed by atoms with Crippen LogP contribution in [0.3, 0.4) is 0 Å². The molecular formula is C17H22N2O3. The minimum atomic E-state index is 0.238. The summed E-state index contributed by atoms with van der Waals surface area (Å²) in [4.78, 5) is 0. The van der Waals surface area contributed by atoms with Crippen molar-refractivity contribution in [2.24, 2.45) is 0 Å². The third-order valence-corrected chi connectivity index (χ3v) is 3.71. The maximum Gasteiger partial charge on any atom is 0.167 e. The van der Waals surface area contributed by atoms with Crippen LogP contribution in [0.25, 0.3) is 11.3 Å². The highest BCUT2D eigenvalue weighted by atomic mass is 16.5. The van der Waals surface area contributed by atoms with Gasteiger partial charge in [-0.1, -0.05) is 12.1 Å². The fourth-order valence-corrected chi connectivity index (χ4v) is 2.46. The Kier molecular flexibility index (Phi) is 5.08. The van der Waals surface area contributed by atoms with Crippen LogP contribution in [0.15, 0.2) is 34.9 Å². The number of aromatic nitrogens is 1. The van der Waals surface area contributed by atoms with E-state index in [0.717, 1.165) is 55.3 Å². The van der Waals surface area contributed by atoms with Crippen molar-refractivity contribution in [2.45, 2.75) is 32.4 Å². The van der Waals surface area contributed by atoms with E-state index in [9.17, 15) is 0 Å². The molecule has 2 heterocycles. The summed E-state index contributed by atoms with van der Waals surface area (Å²) in [5.41, 5.74) is 1.91. The predicted molar refractivity (Wildman–Crippen MR) is 83.8 cm³/mol. The van der Waals surface area contributed by atoms with Crippen molar-refractivity contribution in [1.82, 2.24) is 10.5 Å². The maximum absolute atomic E-state index is 5.76. The Hall–Kier alpha value is -1.85. The summed E-state index contributed by atoms with van der Waals surface area (Å²) in [7, 11) is 0. The Bertz CT molecular complexity index is 574. The zero-order chi connectivity index (χ0) is 15.2. The molecular weight excluding hydrogens is 280 g/mol. The normalized spacial score (nSPS) is 17.8. The summed E-state index contributed by atoms with van der Waals surface area (Å²) < 4.78 is 16.7. The smallest absolute Gasteiger partial charge is 0.167 e. The molecule has 5 heteroatoms. The highest BCUT2D eigenvalue weighted by Crippen LogP contribution is 2.24. The predicted octanol–water partition coefficient (Wildman–Crippen LogP) is 3.01. The van der Waals surface area contributed by atoms with E-state index in [1.807, 2.05) is 30.3 Å². The second-order valence-electron chi connectivity index (χ2n) is 5.43. The molecule has 0 aliphatic carbocycles. The summed E-state index contributed by atoms with van der Waals surface area (Å²) in [5, 5.41) is 7.28.